The van der Waals surface area contributed by atoms with E-state index in [1.807, 2.05) is 39.8 Å². The minimum absolute atomic E-state index is 0.402. The maximum atomic E-state index is 5.66. The average Bonchev–Trinajstić information content (AvgIpc) is 2.40. The van der Waals surface area contributed by atoms with Gasteiger partial charge in [0.1, 0.15) is 5.54 Å². The third kappa shape index (κ3) is 3.87. The maximum Gasteiger partial charge on any atom is 0.196 e. The van der Waals surface area contributed by atoms with E-state index in [4.69, 9.17) is 19.0 Å². The van der Waals surface area contributed by atoms with Gasteiger partial charge in [-0.15, -0.1) is 0 Å². The van der Waals surface area contributed by atoms with Crippen molar-refractivity contribution < 1.29 is 19.0 Å². The van der Waals surface area contributed by atoms with Gasteiger partial charge < -0.3 is 14.2 Å². The summed E-state index contributed by atoms with van der Waals surface area (Å²) >= 11 is 0. The molecule has 0 bridgehead atoms. The van der Waals surface area contributed by atoms with Crippen molar-refractivity contribution in [2.45, 2.75) is 45.8 Å². The number of rotatable bonds is 8. The van der Waals surface area contributed by atoms with E-state index in [1.165, 1.54) is 0 Å². The quantitative estimate of drug-likeness (QED) is 0.541. The lowest BCUT2D eigenvalue weighted by Crippen LogP contribution is -2.58. The molecule has 0 aromatic carbocycles. The molecule has 0 aromatic heterocycles. The van der Waals surface area contributed by atoms with Crippen LogP contribution in [0.4, 0.5) is 0 Å². The Hall–Kier alpha value is -0.720. The SMILES string of the molecule is C=C(C)C1(C(OCC)OCC)C=CC(OCC)ON1. The summed E-state index contributed by atoms with van der Waals surface area (Å²) in [7, 11) is 0. The lowest BCUT2D eigenvalue weighted by atomic mass is 9.90. The second kappa shape index (κ2) is 7.77. The Morgan fingerprint density at radius 3 is 2.32 bits per heavy atom. The van der Waals surface area contributed by atoms with Crippen LogP contribution in [0.15, 0.2) is 24.3 Å². The molecule has 0 aromatic rings. The summed E-state index contributed by atoms with van der Waals surface area (Å²) in [4.78, 5) is 5.49. The van der Waals surface area contributed by atoms with E-state index < -0.39 is 18.1 Å². The topological polar surface area (TPSA) is 49.0 Å². The van der Waals surface area contributed by atoms with Crippen LogP contribution in [0.1, 0.15) is 27.7 Å². The highest BCUT2D eigenvalue weighted by Gasteiger charge is 2.42. The van der Waals surface area contributed by atoms with Crippen molar-refractivity contribution in [2.24, 2.45) is 0 Å². The maximum absolute atomic E-state index is 5.66. The summed E-state index contributed by atoms with van der Waals surface area (Å²) in [6, 6.07) is 0. The molecule has 1 heterocycles. The third-order valence-electron chi connectivity index (χ3n) is 2.91. The molecule has 0 spiro atoms. The molecule has 1 N–H and O–H groups in total. The Balaban J connectivity index is 2.91. The normalized spacial score (nSPS) is 26.9. The van der Waals surface area contributed by atoms with Gasteiger partial charge >= 0.3 is 0 Å². The predicted molar refractivity (Wildman–Crippen MR) is 73.4 cm³/mol. The standard InChI is InChI=1S/C14H25NO4/c1-6-16-12-9-10-14(11(4)5,15-19-12)13(17-7-2)18-8-3/h9-10,12-13,15H,4,6-8H2,1-3,5H3. The molecule has 2 unspecified atom stereocenters. The van der Waals surface area contributed by atoms with Crippen LogP contribution < -0.4 is 5.48 Å². The van der Waals surface area contributed by atoms with Gasteiger partial charge in [0.15, 0.2) is 12.6 Å². The highest BCUT2D eigenvalue weighted by Crippen LogP contribution is 2.28. The summed E-state index contributed by atoms with van der Waals surface area (Å²) in [6.45, 7) is 13.4. The molecule has 0 fully saturated rings. The highest BCUT2D eigenvalue weighted by atomic mass is 16.8. The molecular weight excluding hydrogens is 246 g/mol. The van der Waals surface area contributed by atoms with Gasteiger partial charge in [-0.1, -0.05) is 12.7 Å². The van der Waals surface area contributed by atoms with E-state index in [0.717, 1.165) is 5.57 Å². The first kappa shape index (κ1) is 16.3. The molecule has 0 radical (unpaired) electrons. The van der Waals surface area contributed by atoms with Crippen LogP contribution >= 0.6 is 0 Å². The van der Waals surface area contributed by atoms with Gasteiger partial charge in [-0.05, 0) is 39.3 Å². The van der Waals surface area contributed by atoms with Gasteiger partial charge in [0.2, 0.25) is 0 Å². The van der Waals surface area contributed by atoms with Gasteiger partial charge in [-0.2, -0.15) is 5.48 Å². The molecule has 2 atom stereocenters. The lowest BCUT2D eigenvalue weighted by Gasteiger charge is -2.41. The van der Waals surface area contributed by atoms with Crippen LogP contribution in [0.2, 0.25) is 0 Å². The molecule has 1 rings (SSSR count). The van der Waals surface area contributed by atoms with E-state index >= 15 is 0 Å². The average molecular weight is 271 g/mol. The molecule has 1 aliphatic heterocycles. The summed E-state index contributed by atoms with van der Waals surface area (Å²) < 4.78 is 16.7. The fraction of sp³-hybridized carbons (Fsp3) is 0.714. The van der Waals surface area contributed by atoms with Crippen molar-refractivity contribution in [1.82, 2.24) is 5.48 Å². The number of hydroxylamine groups is 1. The number of hydrogen-bond donors (Lipinski definition) is 1. The van der Waals surface area contributed by atoms with Crippen molar-refractivity contribution in [3.8, 4) is 0 Å². The van der Waals surface area contributed by atoms with Crippen LogP contribution in [-0.2, 0) is 19.0 Å². The van der Waals surface area contributed by atoms with E-state index in [0.29, 0.717) is 19.8 Å². The van der Waals surface area contributed by atoms with Crippen molar-refractivity contribution in [3.05, 3.63) is 24.3 Å². The predicted octanol–water partition coefficient (Wildman–Crippen LogP) is 2.15. The molecule has 110 valence electrons. The summed E-state index contributed by atoms with van der Waals surface area (Å²) in [6.07, 6.45) is 2.90. The molecular formula is C14H25NO4. The third-order valence-corrected chi connectivity index (χ3v) is 2.91. The molecule has 0 saturated heterocycles. The number of hydrogen-bond acceptors (Lipinski definition) is 5. The van der Waals surface area contributed by atoms with Crippen LogP contribution in [-0.4, -0.2) is 37.9 Å². The molecule has 19 heavy (non-hydrogen) atoms. The van der Waals surface area contributed by atoms with Crippen molar-refractivity contribution in [3.63, 3.8) is 0 Å². The Bertz CT molecular complexity index is 313. The second-order valence-corrected chi connectivity index (χ2v) is 4.29. The van der Waals surface area contributed by atoms with Crippen molar-refractivity contribution in [1.29, 1.82) is 0 Å². The van der Waals surface area contributed by atoms with Gasteiger partial charge in [-0.3, -0.25) is 4.84 Å². The van der Waals surface area contributed by atoms with Crippen LogP contribution in [0.25, 0.3) is 0 Å². The molecule has 1 aliphatic rings. The Kier molecular flexibility index (Phi) is 6.68. The molecule has 0 aliphatic carbocycles. The molecule has 0 amide bonds. The smallest absolute Gasteiger partial charge is 0.196 e. The lowest BCUT2D eigenvalue weighted by molar-refractivity contribution is -0.228. The first-order valence-corrected chi connectivity index (χ1v) is 6.73. The van der Waals surface area contributed by atoms with Gasteiger partial charge in [0, 0.05) is 19.8 Å². The van der Waals surface area contributed by atoms with Crippen LogP contribution in [0.5, 0.6) is 0 Å². The molecule has 5 heteroatoms. The van der Waals surface area contributed by atoms with E-state index in [-0.39, 0.29) is 0 Å². The number of nitrogens with one attached hydrogen (secondary N) is 1. The van der Waals surface area contributed by atoms with Crippen LogP contribution in [0, 0.1) is 0 Å². The Morgan fingerprint density at radius 2 is 1.95 bits per heavy atom. The van der Waals surface area contributed by atoms with Crippen molar-refractivity contribution in [2.75, 3.05) is 19.8 Å². The van der Waals surface area contributed by atoms with E-state index in [1.54, 1.807) is 0 Å². The summed E-state index contributed by atoms with van der Waals surface area (Å²) in [5.74, 6) is 0. The second-order valence-electron chi connectivity index (χ2n) is 4.29. The largest absolute Gasteiger partial charge is 0.350 e. The zero-order valence-corrected chi connectivity index (χ0v) is 12.3. The highest BCUT2D eigenvalue weighted by molar-refractivity contribution is 5.27. The Labute approximate surface area is 115 Å². The van der Waals surface area contributed by atoms with E-state index in [2.05, 4.69) is 12.1 Å². The van der Waals surface area contributed by atoms with Crippen LogP contribution in [0.3, 0.4) is 0 Å². The summed E-state index contributed by atoms with van der Waals surface area (Å²) in [5, 5.41) is 0. The van der Waals surface area contributed by atoms with E-state index in [9.17, 15) is 0 Å². The summed E-state index contributed by atoms with van der Waals surface area (Å²) in [5.41, 5.74) is 3.13. The fourth-order valence-electron chi connectivity index (χ4n) is 1.88. The monoisotopic (exact) mass is 271 g/mol. The fourth-order valence-corrected chi connectivity index (χ4v) is 1.88. The van der Waals surface area contributed by atoms with Gasteiger partial charge in [0.25, 0.3) is 0 Å². The zero-order valence-electron chi connectivity index (χ0n) is 12.3. The minimum atomic E-state index is -0.695. The number of ether oxygens (including phenoxy) is 3. The van der Waals surface area contributed by atoms with Gasteiger partial charge in [0.05, 0.1) is 0 Å². The zero-order chi connectivity index (χ0) is 14.3. The van der Waals surface area contributed by atoms with Crippen molar-refractivity contribution >= 4 is 0 Å². The first-order valence-electron chi connectivity index (χ1n) is 6.73. The Morgan fingerprint density at radius 1 is 1.32 bits per heavy atom. The minimum Gasteiger partial charge on any atom is -0.350 e. The first-order chi connectivity index (χ1) is 9.10. The van der Waals surface area contributed by atoms with Gasteiger partial charge in [-0.25, -0.2) is 0 Å². The molecule has 5 nitrogen and oxygen atoms in total. The molecule has 0 saturated carbocycles.